The number of piperidine rings is 1. The van der Waals surface area contributed by atoms with Gasteiger partial charge in [-0.2, -0.15) is 0 Å². The number of amides is 2. The highest BCUT2D eigenvalue weighted by molar-refractivity contribution is 5.74. The van der Waals surface area contributed by atoms with Gasteiger partial charge in [0.05, 0.1) is 0 Å². The molecule has 1 aliphatic rings. The number of rotatable bonds is 2. The molecular formula is C14H20N2O2. The van der Waals surface area contributed by atoms with E-state index < -0.39 is 0 Å². The SMILES string of the molecule is CC1CCCN(C(=O)NCc2ccccc2O)C1. The van der Waals surface area contributed by atoms with Crippen molar-refractivity contribution in [1.82, 2.24) is 10.2 Å². The average Bonchev–Trinajstić information content (AvgIpc) is 2.37. The molecule has 1 heterocycles. The minimum atomic E-state index is -0.0372. The van der Waals surface area contributed by atoms with Gasteiger partial charge in [0.25, 0.3) is 0 Å². The van der Waals surface area contributed by atoms with Crippen LogP contribution in [0.5, 0.6) is 5.75 Å². The van der Waals surface area contributed by atoms with Crippen LogP contribution in [0.1, 0.15) is 25.3 Å². The van der Waals surface area contributed by atoms with Crippen LogP contribution in [0, 0.1) is 5.92 Å². The smallest absolute Gasteiger partial charge is 0.317 e. The number of hydrogen-bond acceptors (Lipinski definition) is 2. The van der Waals surface area contributed by atoms with Gasteiger partial charge in [0.15, 0.2) is 0 Å². The van der Waals surface area contributed by atoms with Gasteiger partial charge in [-0.1, -0.05) is 25.1 Å². The van der Waals surface area contributed by atoms with Crippen molar-refractivity contribution in [1.29, 1.82) is 0 Å². The largest absolute Gasteiger partial charge is 0.508 e. The average molecular weight is 248 g/mol. The molecular weight excluding hydrogens is 228 g/mol. The number of para-hydroxylation sites is 1. The standard InChI is InChI=1S/C14H20N2O2/c1-11-5-4-8-16(10-11)14(18)15-9-12-6-2-3-7-13(12)17/h2-3,6-7,11,17H,4-5,8-10H2,1H3,(H,15,18). The third-order valence-electron chi connectivity index (χ3n) is 3.37. The van der Waals surface area contributed by atoms with Crippen molar-refractivity contribution >= 4 is 6.03 Å². The van der Waals surface area contributed by atoms with Crippen LogP contribution in [0.2, 0.25) is 0 Å². The zero-order valence-corrected chi connectivity index (χ0v) is 10.7. The van der Waals surface area contributed by atoms with Crippen LogP contribution in [-0.2, 0) is 6.54 Å². The van der Waals surface area contributed by atoms with E-state index in [0.717, 1.165) is 25.1 Å². The van der Waals surface area contributed by atoms with E-state index in [2.05, 4.69) is 12.2 Å². The number of nitrogens with zero attached hydrogens (tertiary/aromatic N) is 1. The molecule has 1 atom stereocenters. The Morgan fingerprint density at radius 2 is 2.28 bits per heavy atom. The normalized spacial score (nSPS) is 19.6. The fourth-order valence-electron chi connectivity index (χ4n) is 2.32. The second-order valence-corrected chi connectivity index (χ2v) is 4.98. The number of aromatic hydroxyl groups is 1. The van der Waals surface area contributed by atoms with Crippen LogP contribution in [0.3, 0.4) is 0 Å². The lowest BCUT2D eigenvalue weighted by molar-refractivity contribution is 0.169. The summed E-state index contributed by atoms with van der Waals surface area (Å²) in [4.78, 5) is 13.8. The summed E-state index contributed by atoms with van der Waals surface area (Å²) < 4.78 is 0. The van der Waals surface area contributed by atoms with E-state index in [1.165, 1.54) is 6.42 Å². The number of phenols is 1. The molecule has 1 unspecified atom stereocenters. The highest BCUT2D eigenvalue weighted by Crippen LogP contribution is 2.17. The summed E-state index contributed by atoms with van der Waals surface area (Å²) in [6.07, 6.45) is 2.27. The summed E-state index contributed by atoms with van der Waals surface area (Å²) >= 11 is 0. The molecule has 1 saturated heterocycles. The Kier molecular flexibility index (Phi) is 4.07. The van der Waals surface area contributed by atoms with E-state index in [1.54, 1.807) is 12.1 Å². The van der Waals surface area contributed by atoms with Gasteiger partial charge < -0.3 is 15.3 Å². The van der Waals surface area contributed by atoms with Crippen molar-refractivity contribution in [2.45, 2.75) is 26.3 Å². The molecule has 98 valence electrons. The Labute approximate surface area is 108 Å². The summed E-state index contributed by atoms with van der Waals surface area (Å²) in [5.41, 5.74) is 0.746. The molecule has 0 spiro atoms. The topological polar surface area (TPSA) is 52.6 Å². The molecule has 2 N–H and O–H groups in total. The molecule has 0 bridgehead atoms. The van der Waals surface area contributed by atoms with E-state index in [1.807, 2.05) is 17.0 Å². The highest BCUT2D eigenvalue weighted by Gasteiger charge is 2.20. The molecule has 18 heavy (non-hydrogen) atoms. The predicted octanol–water partition coefficient (Wildman–Crippen LogP) is 2.33. The van der Waals surface area contributed by atoms with Gasteiger partial charge in [0.2, 0.25) is 0 Å². The molecule has 0 radical (unpaired) electrons. The van der Waals surface area contributed by atoms with Crippen molar-refractivity contribution in [3.8, 4) is 5.75 Å². The number of nitrogens with one attached hydrogen (secondary N) is 1. The molecule has 4 heteroatoms. The van der Waals surface area contributed by atoms with Gasteiger partial charge in [-0.3, -0.25) is 0 Å². The number of benzene rings is 1. The van der Waals surface area contributed by atoms with Crippen LogP contribution in [0.4, 0.5) is 4.79 Å². The fraction of sp³-hybridized carbons (Fsp3) is 0.500. The third-order valence-corrected chi connectivity index (χ3v) is 3.37. The van der Waals surface area contributed by atoms with E-state index in [9.17, 15) is 9.90 Å². The van der Waals surface area contributed by atoms with E-state index in [-0.39, 0.29) is 11.8 Å². The summed E-state index contributed by atoms with van der Waals surface area (Å²) in [6, 6.07) is 7.03. The lowest BCUT2D eigenvalue weighted by Crippen LogP contribution is -2.44. The number of carbonyl (C=O) groups excluding carboxylic acids is 1. The first-order valence-corrected chi connectivity index (χ1v) is 6.46. The molecule has 0 aliphatic carbocycles. The Morgan fingerprint density at radius 3 is 3.00 bits per heavy atom. The lowest BCUT2D eigenvalue weighted by atomic mass is 10.0. The van der Waals surface area contributed by atoms with E-state index in [4.69, 9.17) is 0 Å². The molecule has 4 nitrogen and oxygen atoms in total. The Balaban J connectivity index is 1.86. The van der Waals surface area contributed by atoms with Crippen LogP contribution in [0.25, 0.3) is 0 Å². The van der Waals surface area contributed by atoms with Crippen LogP contribution in [-0.4, -0.2) is 29.1 Å². The van der Waals surface area contributed by atoms with Gasteiger partial charge in [-0.15, -0.1) is 0 Å². The first-order chi connectivity index (χ1) is 8.66. The third kappa shape index (κ3) is 3.15. The zero-order valence-electron chi connectivity index (χ0n) is 10.7. The highest BCUT2D eigenvalue weighted by atomic mass is 16.3. The number of carbonyl (C=O) groups is 1. The molecule has 0 aromatic heterocycles. The van der Waals surface area contributed by atoms with Crippen molar-refractivity contribution in [3.05, 3.63) is 29.8 Å². The molecule has 1 fully saturated rings. The molecule has 1 aromatic rings. The van der Waals surface area contributed by atoms with Crippen LogP contribution >= 0.6 is 0 Å². The summed E-state index contributed by atoms with van der Waals surface area (Å²) in [6.45, 7) is 4.20. The van der Waals surface area contributed by atoms with Crippen molar-refractivity contribution in [3.63, 3.8) is 0 Å². The second kappa shape index (κ2) is 5.76. The van der Waals surface area contributed by atoms with Gasteiger partial charge >= 0.3 is 6.03 Å². The first kappa shape index (κ1) is 12.7. The fourth-order valence-corrected chi connectivity index (χ4v) is 2.32. The maximum absolute atomic E-state index is 12.0. The zero-order chi connectivity index (χ0) is 13.0. The Bertz CT molecular complexity index is 420. The number of hydrogen-bond donors (Lipinski definition) is 2. The van der Waals surface area contributed by atoms with E-state index in [0.29, 0.717) is 12.5 Å². The molecule has 0 saturated carbocycles. The summed E-state index contributed by atoms with van der Waals surface area (Å²) in [7, 11) is 0. The minimum Gasteiger partial charge on any atom is -0.508 e. The maximum Gasteiger partial charge on any atom is 0.317 e. The van der Waals surface area contributed by atoms with Gasteiger partial charge in [0, 0.05) is 25.2 Å². The van der Waals surface area contributed by atoms with Crippen molar-refractivity contribution in [2.75, 3.05) is 13.1 Å². The van der Waals surface area contributed by atoms with Gasteiger partial charge in [0.1, 0.15) is 5.75 Å². The Hall–Kier alpha value is -1.71. The number of phenolic OH excluding ortho intramolecular Hbond substituents is 1. The van der Waals surface area contributed by atoms with Crippen LogP contribution in [0.15, 0.2) is 24.3 Å². The predicted molar refractivity (Wildman–Crippen MR) is 70.3 cm³/mol. The quantitative estimate of drug-likeness (QED) is 0.844. The molecule has 2 rings (SSSR count). The first-order valence-electron chi connectivity index (χ1n) is 6.46. The van der Waals surface area contributed by atoms with Crippen molar-refractivity contribution in [2.24, 2.45) is 5.92 Å². The monoisotopic (exact) mass is 248 g/mol. The number of urea groups is 1. The van der Waals surface area contributed by atoms with Gasteiger partial charge in [-0.05, 0) is 24.8 Å². The van der Waals surface area contributed by atoms with E-state index >= 15 is 0 Å². The molecule has 1 aliphatic heterocycles. The second-order valence-electron chi connectivity index (χ2n) is 4.98. The molecule has 1 aromatic carbocycles. The Morgan fingerprint density at radius 1 is 1.50 bits per heavy atom. The minimum absolute atomic E-state index is 0.0372. The summed E-state index contributed by atoms with van der Waals surface area (Å²) in [5.74, 6) is 0.805. The van der Waals surface area contributed by atoms with Crippen LogP contribution < -0.4 is 5.32 Å². The number of likely N-dealkylation sites (tertiary alicyclic amines) is 1. The maximum atomic E-state index is 12.0. The molecule has 2 amide bonds. The van der Waals surface area contributed by atoms with Crippen molar-refractivity contribution < 1.29 is 9.90 Å². The van der Waals surface area contributed by atoms with Gasteiger partial charge in [-0.25, -0.2) is 4.79 Å². The lowest BCUT2D eigenvalue weighted by Gasteiger charge is -2.31. The summed E-state index contributed by atoms with van der Waals surface area (Å²) in [5, 5.41) is 12.5.